The van der Waals surface area contributed by atoms with Gasteiger partial charge in [-0.1, -0.05) is 55.7 Å². The van der Waals surface area contributed by atoms with E-state index in [2.05, 4.69) is 32.2 Å². The van der Waals surface area contributed by atoms with Crippen LogP contribution in [0, 0.1) is 17.8 Å². The second-order valence-electron chi connectivity index (χ2n) is 9.39. The van der Waals surface area contributed by atoms with Gasteiger partial charge >= 0.3 is 0 Å². The average Bonchev–Trinajstić information content (AvgIpc) is 2.71. The summed E-state index contributed by atoms with van der Waals surface area (Å²) < 4.78 is 0. The molecule has 0 radical (unpaired) electrons. The Labute approximate surface area is 186 Å². The molecule has 2 aliphatic carbocycles. The Bertz CT molecular complexity index is 678. The van der Waals surface area contributed by atoms with Crippen molar-refractivity contribution < 1.29 is 15.4 Å². The standard InChI is InChI=1S/C24H37ClN2O2.H2O/c1-16(2)23(26-15-18-5-4-17(3)22(28)14-18)24(29)27-12-10-20(11-13-27)19-6-8-21(25)9-7-19;/h6,8,14,16-17,20,22-23,26,28H,4-5,7,9-13,15H2,1-3H3;1H2/t17?,22?,23-;/m1./s1. The summed E-state index contributed by atoms with van der Waals surface area (Å²) >= 11 is 6.09. The lowest BCUT2D eigenvalue weighted by Gasteiger charge is -2.37. The molecule has 0 aromatic heterocycles. The molecule has 0 saturated carbocycles. The number of amides is 1. The van der Waals surface area contributed by atoms with Crippen LogP contribution < -0.4 is 5.32 Å². The van der Waals surface area contributed by atoms with Crippen molar-refractivity contribution in [3.05, 3.63) is 34.4 Å². The molecule has 3 rings (SSSR count). The Morgan fingerprint density at radius 2 is 1.90 bits per heavy atom. The highest BCUT2D eigenvalue weighted by Crippen LogP contribution is 2.32. The summed E-state index contributed by atoms with van der Waals surface area (Å²) in [6.07, 6.45) is 12.0. The second-order valence-corrected chi connectivity index (χ2v) is 9.87. The first-order chi connectivity index (χ1) is 13.8. The predicted octanol–water partition coefficient (Wildman–Crippen LogP) is 3.57. The molecule has 0 bridgehead atoms. The number of rotatable bonds is 6. The summed E-state index contributed by atoms with van der Waals surface area (Å²) in [6.45, 7) is 8.66. The molecular weight excluding hydrogens is 400 g/mol. The van der Waals surface area contributed by atoms with Gasteiger partial charge in [0.1, 0.15) is 0 Å². The van der Waals surface area contributed by atoms with Crippen LogP contribution in [-0.4, -0.2) is 53.2 Å². The van der Waals surface area contributed by atoms with Crippen molar-refractivity contribution in [2.24, 2.45) is 17.8 Å². The first-order valence-corrected chi connectivity index (χ1v) is 11.7. The van der Waals surface area contributed by atoms with Gasteiger partial charge in [0, 0.05) is 24.7 Å². The molecular formula is C24H39ClN2O3. The molecule has 0 aromatic carbocycles. The molecule has 0 spiro atoms. The number of hydrogen-bond acceptors (Lipinski definition) is 3. The van der Waals surface area contributed by atoms with E-state index in [-0.39, 0.29) is 29.4 Å². The Morgan fingerprint density at radius 1 is 1.20 bits per heavy atom. The van der Waals surface area contributed by atoms with E-state index in [0.29, 0.717) is 18.4 Å². The molecule has 2 unspecified atom stereocenters. The summed E-state index contributed by atoms with van der Waals surface area (Å²) in [5.41, 5.74) is 2.72. The zero-order valence-electron chi connectivity index (χ0n) is 18.7. The van der Waals surface area contributed by atoms with Gasteiger partial charge in [-0.2, -0.15) is 0 Å². The maximum Gasteiger partial charge on any atom is 0.239 e. The van der Waals surface area contributed by atoms with Gasteiger partial charge in [0.05, 0.1) is 12.1 Å². The van der Waals surface area contributed by atoms with Crippen LogP contribution in [0.5, 0.6) is 0 Å². The van der Waals surface area contributed by atoms with E-state index < -0.39 is 0 Å². The highest BCUT2D eigenvalue weighted by molar-refractivity contribution is 6.29. The van der Waals surface area contributed by atoms with Crippen molar-refractivity contribution in [1.29, 1.82) is 0 Å². The Kier molecular flexibility index (Phi) is 9.61. The molecule has 30 heavy (non-hydrogen) atoms. The largest absolute Gasteiger partial charge is 0.412 e. The number of carbonyl (C=O) groups is 1. The van der Waals surface area contributed by atoms with Crippen molar-refractivity contribution in [3.8, 4) is 0 Å². The molecule has 1 aliphatic heterocycles. The van der Waals surface area contributed by atoms with E-state index in [4.69, 9.17) is 11.6 Å². The van der Waals surface area contributed by atoms with Gasteiger partial charge in [0.2, 0.25) is 5.91 Å². The van der Waals surface area contributed by atoms with E-state index in [1.807, 2.05) is 17.1 Å². The second kappa shape index (κ2) is 11.5. The van der Waals surface area contributed by atoms with Gasteiger partial charge in [0.25, 0.3) is 0 Å². The molecule has 1 saturated heterocycles. The minimum Gasteiger partial charge on any atom is -0.412 e. The zero-order chi connectivity index (χ0) is 21.0. The smallest absolute Gasteiger partial charge is 0.239 e. The molecule has 1 heterocycles. The normalized spacial score (nSPS) is 26.5. The lowest BCUT2D eigenvalue weighted by molar-refractivity contribution is -0.135. The van der Waals surface area contributed by atoms with Crippen LogP contribution in [0.15, 0.2) is 34.4 Å². The minimum absolute atomic E-state index is 0. The van der Waals surface area contributed by atoms with Crippen LogP contribution >= 0.6 is 11.6 Å². The number of hydrogen-bond donors (Lipinski definition) is 2. The maximum atomic E-state index is 13.2. The predicted molar refractivity (Wildman–Crippen MR) is 123 cm³/mol. The van der Waals surface area contributed by atoms with Crippen LogP contribution in [-0.2, 0) is 4.79 Å². The van der Waals surface area contributed by atoms with E-state index in [9.17, 15) is 9.90 Å². The third-order valence-electron chi connectivity index (χ3n) is 6.85. The number of likely N-dealkylation sites (tertiary alicyclic amines) is 1. The van der Waals surface area contributed by atoms with Crippen LogP contribution in [0.4, 0.5) is 0 Å². The van der Waals surface area contributed by atoms with Crippen LogP contribution in [0.25, 0.3) is 0 Å². The minimum atomic E-state index is -0.355. The number of halogens is 1. The summed E-state index contributed by atoms with van der Waals surface area (Å²) in [4.78, 5) is 15.3. The maximum absolute atomic E-state index is 13.2. The van der Waals surface area contributed by atoms with Gasteiger partial charge in [-0.15, -0.1) is 0 Å². The van der Waals surface area contributed by atoms with Gasteiger partial charge in [-0.25, -0.2) is 0 Å². The lowest BCUT2D eigenvalue weighted by atomic mass is 9.84. The molecule has 0 aromatic rings. The molecule has 6 heteroatoms. The third-order valence-corrected chi connectivity index (χ3v) is 7.17. The van der Waals surface area contributed by atoms with Crippen LogP contribution in [0.3, 0.4) is 0 Å². The molecule has 170 valence electrons. The third kappa shape index (κ3) is 6.43. The van der Waals surface area contributed by atoms with E-state index in [0.717, 1.165) is 56.6 Å². The lowest BCUT2D eigenvalue weighted by Crippen LogP contribution is -2.52. The van der Waals surface area contributed by atoms with Crippen molar-refractivity contribution in [2.45, 2.75) is 71.4 Å². The highest BCUT2D eigenvalue weighted by atomic mass is 35.5. The fraction of sp³-hybridized carbons (Fsp3) is 0.708. The Morgan fingerprint density at radius 3 is 2.47 bits per heavy atom. The SMILES string of the molecule is CC1CCC(CN[C@@H](C(=O)N2CCC(C3=CC=C(Cl)CC3)CC2)C(C)C)=CC1O.O. The average molecular weight is 439 g/mol. The zero-order valence-corrected chi connectivity index (χ0v) is 19.4. The first kappa shape index (κ1) is 25.1. The van der Waals surface area contributed by atoms with E-state index in [1.54, 1.807) is 0 Å². The molecule has 5 nitrogen and oxygen atoms in total. The van der Waals surface area contributed by atoms with Crippen molar-refractivity contribution in [2.75, 3.05) is 19.6 Å². The van der Waals surface area contributed by atoms with Crippen LogP contribution in [0.1, 0.15) is 59.3 Å². The van der Waals surface area contributed by atoms with Crippen molar-refractivity contribution >= 4 is 17.5 Å². The van der Waals surface area contributed by atoms with Gasteiger partial charge in [0.15, 0.2) is 0 Å². The number of carbonyl (C=O) groups excluding carboxylic acids is 1. The number of aliphatic hydroxyl groups is 1. The van der Waals surface area contributed by atoms with E-state index in [1.165, 1.54) is 11.1 Å². The Balaban J connectivity index is 0.00000320. The van der Waals surface area contributed by atoms with Crippen LogP contribution in [0.2, 0.25) is 0 Å². The number of aliphatic hydroxyl groups excluding tert-OH is 1. The number of nitrogens with zero attached hydrogens (tertiary/aromatic N) is 1. The quantitative estimate of drug-likeness (QED) is 0.621. The van der Waals surface area contributed by atoms with Gasteiger partial charge in [-0.05, 0) is 62.4 Å². The van der Waals surface area contributed by atoms with Gasteiger partial charge < -0.3 is 20.8 Å². The summed E-state index contributed by atoms with van der Waals surface area (Å²) in [7, 11) is 0. The summed E-state index contributed by atoms with van der Waals surface area (Å²) in [6, 6.07) is -0.167. The molecule has 4 N–H and O–H groups in total. The molecule has 1 amide bonds. The van der Waals surface area contributed by atoms with Crippen molar-refractivity contribution in [3.63, 3.8) is 0 Å². The molecule has 3 atom stereocenters. The summed E-state index contributed by atoms with van der Waals surface area (Å²) in [5, 5.41) is 14.5. The Hall–Kier alpha value is -1.14. The summed E-state index contributed by atoms with van der Waals surface area (Å²) in [5.74, 6) is 1.38. The topological polar surface area (TPSA) is 84.1 Å². The fourth-order valence-corrected chi connectivity index (χ4v) is 4.86. The van der Waals surface area contributed by atoms with Crippen molar-refractivity contribution in [1.82, 2.24) is 10.2 Å². The highest BCUT2D eigenvalue weighted by Gasteiger charge is 2.31. The fourth-order valence-electron chi connectivity index (χ4n) is 4.70. The van der Waals surface area contributed by atoms with Gasteiger partial charge in [-0.3, -0.25) is 4.79 Å². The monoisotopic (exact) mass is 438 g/mol. The molecule has 1 fully saturated rings. The molecule has 3 aliphatic rings. The number of nitrogens with one attached hydrogen (secondary N) is 1. The number of piperidine rings is 1. The number of allylic oxidation sites excluding steroid dienone is 4. The van der Waals surface area contributed by atoms with E-state index >= 15 is 0 Å². The first-order valence-electron chi connectivity index (χ1n) is 11.3.